The monoisotopic (exact) mass is 354 g/mol. The van der Waals surface area contributed by atoms with Crippen LogP contribution in [0.25, 0.3) is 22.0 Å². The minimum Gasteiger partial charge on any atom is -0.496 e. The average Bonchev–Trinajstić information content (AvgIpc) is 2.73. The van der Waals surface area contributed by atoms with Crippen LogP contribution in [0.4, 0.5) is 5.69 Å². The summed E-state index contributed by atoms with van der Waals surface area (Å²) in [4.78, 5) is 17.8. The maximum atomic E-state index is 13.2. The SMILES string of the molecule is COc1ccccc1-c1cnc2ccccc2c1C(=O)Nc1ccccc1. The summed E-state index contributed by atoms with van der Waals surface area (Å²) in [5.74, 6) is 0.518. The number of ether oxygens (including phenoxy) is 1. The van der Waals surface area contributed by atoms with Gasteiger partial charge in [0.1, 0.15) is 5.75 Å². The van der Waals surface area contributed by atoms with Crippen molar-refractivity contribution >= 4 is 22.5 Å². The molecule has 1 heterocycles. The van der Waals surface area contributed by atoms with Crippen LogP contribution in [0.2, 0.25) is 0 Å². The second-order valence-electron chi connectivity index (χ2n) is 6.08. The average molecular weight is 354 g/mol. The van der Waals surface area contributed by atoms with E-state index in [4.69, 9.17) is 4.74 Å². The molecule has 0 fully saturated rings. The van der Waals surface area contributed by atoms with E-state index in [0.29, 0.717) is 11.3 Å². The van der Waals surface area contributed by atoms with Gasteiger partial charge in [0.15, 0.2) is 0 Å². The third-order valence-electron chi connectivity index (χ3n) is 4.43. The third kappa shape index (κ3) is 3.25. The first-order valence-corrected chi connectivity index (χ1v) is 8.65. The molecule has 1 amide bonds. The number of para-hydroxylation sites is 3. The highest BCUT2D eigenvalue weighted by molar-refractivity contribution is 6.16. The Morgan fingerprint density at radius 1 is 0.852 bits per heavy atom. The fourth-order valence-corrected chi connectivity index (χ4v) is 3.17. The number of methoxy groups -OCH3 is 1. The molecule has 132 valence electrons. The predicted octanol–water partition coefficient (Wildman–Crippen LogP) is 5.16. The zero-order valence-electron chi connectivity index (χ0n) is 14.8. The number of carbonyl (C=O) groups is 1. The quantitative estimate of drug-likeness (QED) is 0.550. The highest BCUT2D eigenvalue weighted by atomic mass is 16.5. The molecule has 4 rings (SSSR count). The molecule has 4 heteroatoms. The summed E-state index contributed by atoms with van der Waals surface area (Å²) < 4.78 is 5.51. The van der Waals surface area contributed by atoms with Crippen molar-refractivity contribution in [2.75, 3.05) is 12.4 Å². The molecule has 3 aromatic carbocycles. The molecule has 4 aromatic rings. The van der Waals surface area contributed by atoms with Crippen LogP contribution >= 0.6 is 0 Å². The third-order valence-corrected chi connectivity index (χ3v) is 4.43. The fraction of sp³-hybridized carbons (Fsp3) is 0.0435. The lowest BCUT2D eigenvalue weighted by Crippen LogP contribution is -2.14. The summed E-state index contributed by atoms with van der Waals surface area (Å²) in [5.41, 5.74) is 3.66. The molecule has 27 heavy (non-hydrogen) atoms. The fourth-order valence-electron chi connectivity index (χ4n) is 3.17. The maximum absolute atomic E-state index is 13.2. The Morgan fingerprint density at radius 3 is 2.37 bits per heavy atom. The minimum absolute atomic E-state index is 0.180. The van der Waals surface area contributed by atoms with Crippen LogP contribution < -0.4 is 10.1 Å². The molecular weight excluding hydrogens is 336 g/mol. The Balaban J connectivity index is 1.92. The molecule has 0 saturated heterocycles. The van der Waals surface area contributed by atoms with Gasteiger partial charge in [-0.25, -0.2) is 0 Å². The van der Waals surface area contributed by atoms with Crippen LogP contribution in [0.1, 0.15) is 10.4 Å². The number of nitrogens with one attached hydrogen (secondary N) is 1. The van der Waals surface area contributed by atoms with Crippen LogP contribution in [0, 0.1) is 0 Å². The standard InChI is InChI=1S/C23H18N2O2/c1-27-21-14-8-6-11-17(21)19-15-24-20-13-7-5-12-18(20)22(19)23(26)25-16-9-3-2-4-10-16/h2-15H,1H3,(H,25,26). The number of aromatic nitrogens is 1. The van der Waals surface area contributed by atoms with Gasteiger partial charge in [0.25, 0.3) is 5.91 Å². The van der Waals surface area contributed by atoms with Gasteiger partial charge in [-0.1, -0.05) is 54.6 Å². The first kappa shape index (κ1) is 16.8. The van der Waals surface area contributed by atoms with Crippen LogP contribution in [0.3, 0.4) is 0 Å². The van der Waals surface area contributed by atoms with E-state index in [1.54, 1.807) is 13.3 Å². The van der Waals surface area contributed by atoms with E-state index in [0.717, 1.165) is 27.7 Å². The van der Waals surface area contributed by atoms with Crippen molar-refractivity contribution in [3.8, 4) is 16.9 Å². The number of hydrogen-bond acceptors (Lipinski definition) is 3. The lowest BCUT2D eigenvalue weighted by atomic mass is 9.96. The first-order chi connectivity index (χ1) is 13.3. The smallest absolute Gasteiger partial charge is 0.257 e. The Bertz CT molecular complexity index is 1110. The highest BCUT2D eigenvalue weighted by Crippen LogP contribution is 2.35. The molecule has 0 spiro atoms. The van der Waals surface area contributed by atoms with Gasteiger partial charge in [-0.05, 0) is 24.3 Å². The van der Waals surface area contributed by atoms with Crippen LogP contribution in [-0.2, 0) is 0 Å². The molecule has 0 aliphatic carbocycles. The number of anilines is 1. The summed E-state index contributed by atoms with van der Waals surface area (Å²) in [6.45, 7) is 0. The minimum atomic E-state index is -0.180. The largest absolute Gasteiger partial charge is 0.496 e. The number of hydrogen-bond donors (Lipinski definition) is 1. The maximum Gasteiger partial charge on any atom is 0.257 e. The topological polar surface area (TPSA) is 51.2 Å². The van der Waals surface area contributed by atoms with Crippen molar-refractivity contribution in [2.24, 2.45) is 0 Å². The van der Waals surface area contributed by atoms with E-state index in [1.807, 2.05) is 78.9 Å². The van der Waals surface area contributed by atoms with Gasteiger partial charge >= 0.3 is 0 Å². The van der Waals surface area contributed by atoms with Crippen molar-refractivity contribution in [3.63, 3.8) is 0 Å². The van der Waals surface area contributed by atoms with Gasteiger partial charge < -0.3 is 10.1 Å². The Kier molecular flexibility index (Phi) is 4.54. The molecule has 0 aliphatic rings. The summed E-state index contributed by atoms with van der Waals surface area (Å²) in [6.07, 6.45) is 1.74. The van der Waals surface area contributed by atoms with Crippen molar-refractivity contribution in [2.45, 2.75) is 0 Å². The molecule has 1 N–H and O–H groups in total. The molecular formula is C23H18N2O2. The summed E-state index contributed by atoms with van der Waals surface area (Å²) in [7, 11) is 1.62. The van der Waals surface area contributed by atoms with Crippen molar-refractivity contribution in [3.05, 3.63) is 90.6 Å². The number of fused-ring (bicyclic) bond motifs is 1. The van der Waals surface area contributed by atoms with Gasteiger partial charge in [0, 0.05) is 28.4 Å². The van der Waals surface area contributed by atoms with Gasteiger partial charge in [0.2, 0.25) is 0 Å². The molecule has 0 unspecified atom stereocenters. The molecule has 0 saturated carbocycles. The van der Waals surface area contributed by atoms with Crippen LogP contribution in [0.15, 0.2) is 85.1 Å². The number of nitrogens with zero attached hydrogens (tertiary/aromatic N) is 1. The van der Waals surface area contributed by atoms with Gasteiger partial charge in [0.05, 0.1) is 18.2 Å². The molecule has 0 radical (unpaired) electrons. The normalized spacial score (nSPS) is 10.6. The Hall–Kier alpha value is -3.66. The number of pyridine rings is 1. The Labute approximate surface area is 157 Å². The molecule has 0 atom stereocenters. The summed E-state index contributed by atoms with van der Waals surface area (Å²) in [5, 5.41) is 3.79. The number of benzene rings is 3. The molecule has 4 nitrogen and oxygen atoms in total. The summed E-state index contributed by atoms with van der Waals surface area (Å²) in [6, 6.07) is 24.7. The van der Waals surface area contributed by atoms with Crippen LogP contribution in [0.5, 0.6) is 5.75 Å². The highest BCUT2D eigenvalue weighted by Gasteiger charge is 2.19. The first-order valence-electron chi connectivity index (χ1n) is 8.65. The van der Waals surface area contributed by atoms with Gasteiger partial charge in [-0.2, -0.15) is 0 Å². The van der Waals surface area contributed by atoms with E-state index >= 15 is 0 Å². The zero-order chi connectivity index (χ0) is 18.6. The van der Waals surface area contributed by atoms with Gasteiger partial charge in [-0.3, -0.25) is 9.78 Å². The zero-order valence-corrected chi connectivity index (χ0v) is 14.8. The number of carbonyl (C=O) groups excluding carboxylic acids is 1. The molecule has 0 bridgehead atoms. The van der Waals surface area contributed by atoms with Crippen LogP contribution in [-0.4, -0.2) is 18.0 Å². The van der Waals surface area contributed by atoms with Crippen molar-refractivity contribution in [1.29, 1.82) is 0 Å². The second-order valence-corrected chi connectivity index (χ2v) is 6.08. The second kappa shape index (κ2) is 7.30. The van der Waals surface area contributed by atoms with E-state index in [9.17, 15) is 4.79 Å². The van der Waals surface area contributed by atoms with E-state index in [-0.39, 0.29) is 5.91 Å². The molecule has 0 aliphatic heterocycles. The van der Waals surface area contributed by atoms with Crippen molar-refractivity contribution in [1.82, 2.24) is 4.98 Å². The van der Waals surface area contributed by atoms with Crippen molar-refractivity contribution < 1.29 is 9.53 Å². The Morgan fingerprint density at radius 2 is 1.56 bits per heavy atom. The lowest BCUT2D eigenvalue weighted by Gasteiger charge is -2.15. The summed E-state index contributed by atoms with van der Waals surface area (Å²) >= 11 is 0. The number of amides is 1. The van der Waals surface area contributed by atoms with E-state index in [2.05, 4.69) is 10.3 Å². The lowest BCUT2D eigenvalue weighted by molar-refractivity contribution is 0.102. The van der Waals surface area contributed by atoms with Gasteiger partial charge in [-0.15, -0.1) is 0 Å². The van der Waals surface area contributed by atoms with E-state index in [1.165, 1.54) is 0 Å². The predicted molar refractivity (Wildman–Crippen MR) is 108 cm³/mol. The number of rotatable bonds is 4. The van der Waals surface area contributed by atoms with E-state index < -0.39 is 0 Å². The molecule has 1 aromatic heterocycles.